The Balaban J connectivity index is -0.00000180. The number of halogens is 2. The van der Waals surface area contributed by atoms with Gasteiger partial charge in [0.05, 0.1) is 67.8 Å². The molecule has 0 atom stereocenters. The van der Waals surface area contributed by atoms with E-state index < -0.39 is 0 Å². The number of oxime groups is 2. The molecule has 134 valence electrons. The molecule has 22 heavy (non-hydrogen) atoms. The molecule has 0 N–H and O–H groups in total. The molecule has 0 aromatic heterocycles. The lowest BCUT2D eigenvalue weighted by Crippen LogP contribution is -3.00. The summed E-state index contributed by atoms with van der Waals surface area (Å²) in [6.07, 6.45) is 4.98. The lowest BCUT2D eigenvalue weighted by Gasteiger charge is -2.23. The molecule has 0 aromatic carbocycles. The molecule has 0 rings (SSSR count). The molecule has 0 fully saturated rings. The van der Waals surface area contributed by atoms with Crippen molar-refractivity contribution in [3.63, 3.8) is 0 Å². The SMILES string of the molecule is C[N+](C)(C)CCCO/N=C\C=N/OCCC[N+](C)(C)C.[I-].[I-]. The van der Waals surface area contributed by atoms with Crippen LogP contribution in [0.1, 0.15) is 12.8 Å². The van der Waals surface area contributed by atoms with E-state index in [1.165, 1.54) is 12.4 Å². The number of rotatable bonds is 11. The molecule has 0 radical (unpaired) electrons. The normalized spacial score (nSPS) is 12.1. The van der Waals surface area contributed by atoms with E-state index >= 15 is 0 Å². The summed E-state index contributed by atoms with van der Waals surface area (Å²) in [6.45, 7) is 3.40. The Morgan fingerprint density at radius 2 is 1.00 bits per heavy atom. The van der Waals surface area contributed by atoms with Crippen molar-refractivity contribution in [1.82, 2.24) is 0 Å². The molecule has 0 saturated heterocycles. The smallest absolute Gasteiger partial charge is 0.122 e. The largest absolute Gasteiger partial charge is 1.00 e. The quantitative estimate of drug-likeness (QED) is 0.0866. The van der Waals surface area contributed by atoms with Crippen molar-refractivity contribution in [2.45, 2.75) is 12.8 Å². The maximum atomic E-state index is 5.11. The van der Waals surface area contributed by atoms with Gasteiger partial charge in [0.1, 0.15) is 13.2 Å². The van der Waals surface area contributed by atoms with E-state index in [0.29, 0.717) is 13.2 Å². The zero-order valence-corrected chi connectivity index (χ0v) is 19.1. The van der Waals surface area contributed by atoms with Crippen LogP contribution in [-0.2, 0) is 9.68 Å². The van der Waals surface area contributed by atoms with Gasteiger partial charge in [-0.05, 0) is 0 Å². The third kappa shape index (κ3) is 25.3. The van der Waals surface area contributed by atoms with E-state index in [9.17, 15) is 0 Å². The van der Waals surface area contributed by atoms with Crippen molar-refractivity contribution in [3.05, 3.63) is 0 Å². The van der Waals surface area contributed by atoms with Crippen LogP contribution < -0.4 is 48.0 Å². The molecule has 0 spiro atoms. The Bertz CT molecular complexity index is 270. The fourth-order valence-corrected chi connectivity index (χ4v) is 1.45. The highest BCUT2D eigenvalue weighted by atomic mass is 127. The molecular formula is C14H32I2N4O2. The molecule has 0 aliphatic rings. The van der Waals surface area contributed by atoms with Crippen molar-refractivity contribution < 1.29 is 66.6 Å². The van der Waals surface area contributed by atoms with Gasteiger partial charge in [-0.1, -0.05) is 10.3 Å². The molecule has 8 heteroatoms. The highest BCUT2D eigenvalue weighted by molar-refractivity contribution is 6.15. The maximum absolute atomic E-state index is 5.11. The zero-order chi connectivity index (χ0) is 15.5. The van der Waals surface area contributed by atoms with Gasteiger partial charge in [0.25, 0.3) is 0 Å². The van der Waals surface area contributed by atoms with E-state index in [2.05, 4.69) is 52.6 Å². The van der Waals surface area contributed by atoms with Gasteiger partial charge in [-0.2, -0.15) is 0 Å². The number of nitrogens with zero attached hydrogens (tertiary/aromatic N) is 4. The predicted octanol–water partition coefficient (Wildman–Crippen LogP) is -4.81. The number of quaternary nitrogens is 2. The van der Waals surface area contributed by atoms with Crippen LogP contribution in [0.3, 0.4) is 0 Å². The van der Waals surface area contributed by atoms with Crippen LogP contribution in [0.25, 0.3) is 0 Å². The average molecular weight is 542 g/mol. The highest BCUT2D eigenvalue weighted by Crippen LogP contribution is 1.94. The first kappa shape index (κ1) is 27.2. The van der Waals surface area contributed by atoms with E-state index in [0.717, 1.165) is 34.9 Å². The first-order valence-corrected chi connectivity index (χ1v) is 7.11. The Labute approximate surface area is 170 Å². The lowest BCUT2D eigenvalue weighted by molar-refractivity contribution is -0.870. The first-order chi connectivity index (χ1) is 9.21. The van der Waals surface area contributed by atoms with Crippen LogP contribution >= 0.6 is 0 Å². The zero-order valence-electron chi connectivity index (χ0n) is 14.8. The molecule has 0 aliphatic carbocycles. The Morgan fingerprint density at radius 3 is 1.27 bits per heavy atom. The summed E-state index contributed by atoms with van der Waals surface area (Å²) in [6, 6.07) is 0. The summed E-state index contributed by atoms with van der Waals surface area (Å²) in [7, 11) is 13.0. The lowest BCUT2D eigenvalue weighted by atomic mass is 10.4. The summed E-state index contributed by atoms with van der Waals surface area (Å²) >= 11 is 0. The molecule has 0 bridgehead atoms. The molecule has 0 saturated carbocycles. The Kier molecular flexibility index (Phi) is 18.4. The standard InChI is InChI=1S/C14H32N4O2.2HI/c1-17(2,3)11-7-13-19-15-9-10-16-20-14-8-12-18(4,5)6;;/h9-10H,7-8,11-14H2,1-6H3;2*1H/q+2;;/p-2/b15-9-,16-10-;;. The van der Waals surface area contributed by atoms with Crippen molar-refractivity contribution in [2.24, 2.45) is 10.3 Å². The molecule has 6 nitrogen and oxygen atoms in total. The number of hydrogen-bond acceptors (Lipinski definition) is 4. The van der Waals surface area contributed by atoms with E-state index in [1.807, 2.05) is 0 Å². The van der Waals surface area contributed by atoms with Crippen LogP contribution in [0.2, 0.25) is 0 Å². The second-order valence-corrected chi connectivity index (χ2v) is 6.91. The summed E-state index contributed by atoms with van der Waals surface area (Å²) in [4.78, 5) is 10.2. The molecule has 0 unspecified atom stereocenters. The molecular weight excluding hydrogens is 510 g/mol. The summed E-state index contributed by atoms with van der Waals surface area (Å²) < 4.78 is 1.88. The van der Waals surface area contributed by atoms with Crippen molar-refractivity contribution in [1.29, 1.82) is 0 Å². The minimum Gasteiger partial charge on any atom is -1.00 e. The first-order valence-electron chi connectivity index (χ1n) is 7.11. The van der Waals surface area contributed by atoms with Gasteiger partial charge in [-0.25, -0.2) is 0 Å². The van der Waals surface area contributed by atoms with Gasteiger partial charge in [0.2, 0.25) is 0 Å². The monoisotopic (exact) mass is 542 g/mol. The van der Waals surface area contributed by atoms with Crippen LogP contribution in [0.4, 0.5) is 0 Å². The van der Waals surface area contributed by atoms with Crippen molar-refractivity contribution >= 4 is 12.4 Å². The van der Waals surface area contributed by atoms with Gasteiger partial charge < -0.3 is 66.6 Å². The second kappa shape index (κ2) is 14.9. The minimum atomic E-state index is 0. The van der Waals surface area contributed by atoms with Crippen molar-refractivity contribution in [2.75, 3.05) is 68.6 Å². The van der Waals surface area contributed by atoms with Crippen LogP contribution in [0, 0.1) is 0 Å². The average Bonchev–Trinajstić information content (AvgIpc) is 2.27. The maximum Gasteiger partial charge on any atom is 0.122 e. The summed E-state index contributed by atoms with van der Waals surface area (Å²) in [5.74, 6) is 0. The van der Waals surface area contributed by atoms with Crippen LogP contribution in [0.15, 0.2) is 10.3 Å². The Morgan fingerprint density at radius 1 is 0.682 bits per heavy atom. The van der Waals surface area contributed by atoms with Gasteiger partial charge >= 0.3 is 0 Å². The minimum absolute atomic E-state index is 0. The van der Waals surface area contributed by atoms with E-state index in [1.54, 1.807) is 0 Å². The number of hydrogen-bond donors (Lipinski definition) is 0. The van der Waals surface area contributed by atoms with Gasteiger partial charge in [0.15, 0.2) is 0 Å². The highest BCUT2D eigenvalue weighted by Gasteiger charge is 2.05. The predicted molar refractivity (Wildman–Crippen MR) is 83.9 cm³/mol. The molecule has 0 heterocycles. The molecule has 0 aromatic rings. The van der Waals surface area contributed by atoms with Crippen LogP contribution in [-0.4, -0.2) is 90.0 Å². The Hall–Kier alpha value is 0.320. The van der Waals surface area contributed by atoms with Crippen molar-refractivity contribution in [3.8, 4) is 0 Å². The van der Waals surface area contributed by atoms with E-state index in [-0.39, 0.29) is 48.0 Å². The fraction of sp³-hybridized carbons (Fsp3) is 0.857. The summed E-state index contributed by atoms with van der Waals surface area (Å²) in [5.41, 5.74) is 0. The van der Waals surface area contributed by atoms with Gasteiger partial charge in [-0.3, -0.25) is 0 Å². The molecule has 0 amide bonds. The van der Waals surface area contributed by atoms with Crippen LogP contribution in [0.5, 0.6) is 0 Å². The van der Waals surface area contributed by atoms with Gasteiger partial charge in [0, 0.05) is 12.8 Å². The third-order valence-corrected chi connectivity index (χ3v) is 2.47. The second-order valence-electron chi connectivity index (χ2n) is 6.91. The van der Waals surface area contributed by atoms with Gasteiger partial charge in [-0.15, -0.1) is 0 Å². The topological polar surface area (TPSA) is 43.2 Å². The van der Waals surface area contributed by atoms with E-state index in [4.69, 9.17) is 9.68 Å². The fourth-order valence-electron chi connectivity index (χ4n) is 1.45. The summed E-state index contributed by atoms with van der Waals surface area (Å²) in [5, 5.41) is 7.57. The molecule has 0 aliphatic heterocycles. The third-order valence-electron chi connectivity index (χ3n) is 2.47.